The van der Waals surface area contributed by atoms with Crippen molar-refractivity contribution in [2.75, 3.05) is 12.1 Å². The molecule has 4 N–H and O–H groups in total. The van der Waals surface area contributed by atoms with Gasteiger partial charge in [0.15, 0.2) is 17.8 Å². The molecule has 138 valence electrons. The molecular formula is C20H18N2O5. The fourth-order valence-electron chi connectivity index (χ4n) is 3.59. The Hall–Kier alpha value is -3.03. The predicted molar refractivity (Wildman–Crippen MR) is 97.6 cm³/mol. The number of fused-ring (bicyclic) bond motifs is 2. The average molecular weight is 366 g/mol. The molecule has 7 heteroatoms. The van der Waals surface area contributed by atoms with Crippen LogP contribution in [0.2, 0.25) is 0 Å². The number of carbonyl (C=O) groups excluding carboxylic acids is 1. The van der Waals surface area contributed by atoms with Crippen LogP contribution in [-0.2, 0) is 10.2 Å². The fraction of sp³-hybridized carbons (Fsp3) is 0.250. The van der Waals surface area contributed by atoms with E-state index in [1.807, 2.05) is 24.3 Å². The van der Waals surface area contributed by atoms with E-state index in [0.29, 0.717) is 22.9 Å². The number of aromatic amines is 1. The van der Waals surface area contributed by atoms with Crippen LogP contribution in [0.4, 0.5) is 5.69 Å². The maximum atomic E-state index is 13.0. The number of carbonyl (C=O) groups is 1. The quantitative estimate of drug-likeness (QED) is 0.531. The molecule has 0 spiro atoms. The van der Waals surface area contributed by atoms with Gasteiger partial charge >= 0.3 is 0 Å². The average Bonchev–Trinajstić information content (AvgIpc) is 3.14. The number of aliphatic hydroxyl groups excluding tert-OH is 1. The first-order valence-corrected chi connectivity index (χ1v) is 8.76. The highest BCUT2D eigenvalue weighted by molar-refractivity contribution is 6.02. The SMILES string of the molecule is O=C(Nc1ccc2[nH]c(C(O)O)cc2c1)C1(c2ccc3c(c2)OCO3)CC1. The Morgan fingerprint density at radius 1 is 1.07 bits per heavy atom. The van der Waals surface area contributed by atoms with Gasteiger partial charge in [0.1, 0.15) is 0 Å². The molecule has 2 heterocycles. The molecule has 0 bridgehead atoms. The van der Waals surface area contributed by atoms with Gasteiger partial charge in [-0.05, 0) is 54.8 Å². The summed E-state index contributed by atoms with van der Waals surface area (Å²) in [5, 5.41) is 22.4. The summed E-state index contributed by atoms with van der Waals surface area (Å²) in [4.78, 5) is 15.9. The number of benzene rings is 2. The van der Waals surface area contributed by atoms with Crippen LogP contribution in [0.5, 0.6) is 11.5 Å². The van der Waals surface area contributed by atoms with Gasteiger partial charge < -0.3 is 30.0 Å². The zero-order valence-corrected chi connectivity index (χ0v) is 14.4. The molecule has 2 aromatic carbocycles. The van der Waals surface area contributed by atoms with Gasteiger partial charge in [0.25, 0.3) is 0 Å². The molecule has 1 aliphatic carbocycles. The summed E-state index contributed by atoms with van der Waals surface area (Å²) in [5.74, 6) is 1.32. The Bertz CT molecular complexity index is 1050. The van der Waals surface area contributed by atoms with Gasteiger partial charge in [-0.1, -0.05) is 6.07 Å². The molecule has 1 aliphatic heterocycles. The maximum Gasteiger partial charge on any atom is 0.235 e. The molecule has 0 radical (unpaired) electrons. The third-order valence-electron chi connectivity index (χ3n) is 5.29. The number of hydrogen-bond donors (Lipinski definition) is 4. The monoisotopic (exact) mass is 366 g/mol. The molecule has 7 nitrogen and oxygen atoms in total. The van der Waals surface area contributed by atoms with Crippen molar-refractivity contribution < 1.29 is 24.5 Å². The lowest BCUT2D eigenvalue weighted by molar-refractivity contribution is -0.118. The summed E-state index contributed by atoms with van der Waals surface area (Å²) >= 11 is 0. The van der Waals surface area contributed by atoms with E-state index in [1.165, 1.54) is 0 Å². The molecule has 0 unspecified atom stereocenters. The number of aliphatic hydroxyl groups is 2. The Morgan fingerprint density at radius 3 is 2.67 bits per heavy atom. The molecular weight excluding hydrogens is 348 g/mol. The van der Waals surface area contributed by atoms with Gasteiger partial charge in [-0.15, -0.1) is 0 Å². The molecule has 27 heavy (non-hydrogen) atoms. The van der Waals surface area contributed by atoms with Crippen molar-refractivity contribution in [3.63, 3.8) is 0 Å². The van der Waals surface area contributed by atoms with Crippen LogP contribution in [-0.4, -0.2) is 27.9 Å². The first-order valence-electron chi connectivity index (χ1n) is 8.76. The molecule has 2 aliphatic rings. The van der Waals surface area contributed by atoms with Crippen molar-refractivity contribution in [1.29, 1.82) is 0 Å². The first-order chi connectivity index (χ1) is 13.0. The van der Waals surface area contributed by atoms with Gasteiger partial charge in [-0.2, -0.15) is 0 Å². The van der Waals surface area contributed by atoms with Crippen LogP contribution >= 0.6 is 0 Å². The number of H-pyrrole nitrogens is 1. The molecule has 1 aromatic heterocycles. The van der Waals surface area contributed by atoms with E-state index in [-0.39, 0.29) is 12.7 Å². The second kappa shape index (κ2) is 5.73. The second-order valence-corrected chi connectivity index (χ2v) is 7.00. The standard InChI is InChI=1S/C20H18N2O5/c23-18(24)15-8-11-7-13(2-3-14(11)22-15)21-19(25)20(5-6-20)12-1-4-16-17(9-12)27-10-26-16/h1-4,7-9,18,22-24H,5-6,10H2,(H,21,25). The summed E-state index contributed by atoms with van der Waals surface area (Å²) in [7, 11) is 0. The van der Waals surface area contributed by atoms with Crippen molar-refractivity contribution in [2.45, 2.75) is 24.5 Å². The Balaban J connectivity index is 1.40. The van der Waals surface area contributed by atoms with E-state index in [2.05, 4.69) is 10.3 Å². The van der Waals surface area contributed by atoms with Gasteiger partial charge in [0, 0.05) is 16.6 Å². The second-order valence-electron chi connectivity index (χ2n) is 7.00. The number of amides is 1. The molecule has 1 fully saturated rings. The minimum atomic E-state index is -1.56. The van der Waals surface area contributed by atoms with E-state index in [4.69, 9.17) is 9.47 Å². The summed E-state index contributed by atoms with van der Waals surface area (Å²) in [6.07, 6.45) is 0.00783. The fourth-order valence-corrected chi connectivity index (χ4v) is 3.59. The number of anilines is 1. The van der Waals surface area contributed by atoms with E-state index in [9.17, 15) is 15.0 Å². The van der Waals surface area contributed by atoms with Gasteiger partial charge in [0.2, 0.25) is 12.7 Å². The van der Waals surface area contributed by atoms with Crippen molar-refractivity contribution in [3.8, 4) is 11.5 Å². The Labute approximate surface area is 154 Å². The van der Waals surface area contributed by atoms with Crippen LogP contribution in [0.25, 0.3) is 10.9 Å². The lowest BCUT2D eigenvalue weighted by Gasteiger charge is -2.16. The smallest absolute Gasteiger partial charge is 0.235 e. The van der Waals surface area contributed by atoms with Crippen LogP contribution in [0.15, 0.2) is 42.5 Å². The lowest BCUT2D eigenvalue weighted by atomic mass is 9.94. The number of hydrogen-bond acceptors (Lipinski definition) is 5. The maximum absolute atomic E-state index is 13.0. The van der Waals surface area contributed by atoms with E-state index in [1.54, 1.807) is 18.2 Å². The first kappa shape index (κ1) is 16.2. The zero-order chi connectivity index (χ0) is 18.6. The van der Waals surface area contributed by atoms with Crippen LogP contribution in [0.1, 0.15) is 30.4 Å². The topological polar surface area (TPSA) is 104 Å². The third-order valence-corrected chi connectivity index (χ3v) is 5.29. The van der Waals surface area contributed by atoms with Crippen molar-refractivity contribution in [3.05, 3.63) is 53.7 Å². The number of nitrogens with one attached hydrogen (secondary N) is 2. The summed E-state index contributed by atoms with van der Waals surface area (Å²) in [5.41, 5.74) is 2.14. The largest absolute Gasteiger partial charge is 0.454 e. The molecule has 1 saturated carbocycles. The normalized spacial score (nSPS) is 16.7. The number of ether oxygens (including phenoxy) is 2. The van der Waals surface area contributed by atoms with Crippen molar-refractivity contribution in [2.24, 2.45) is 0 Å². The Morgan fingerprint density at radius 2 is 1.89 bits per heavy atom. The van der Waals surface area contributed by atoms with Crippen LogP contribution in [0, 0.1) is 0 Å². The van der Waals surface area contributed by atoms with Gasteiger partial charge in [0.05, 0.1) is 11.1 Å². The summed E-state index contributed by atoms with van der Waals surface area (Å²) in [6, 6.07) is 12.7. The third kappa shape index (κ3) is 2.63. The number of rotatable bonds is 4. The van der Waals surface area contributed by atoms with Gasteiger partial charge in [-0.25, -0.2) is 0 Å². The molecule has 0 saturated heterocycles. The molecule has 5 rings (SSSR count). The Kier molecular flexibility index (Phi) is 3.43. The van der Waals surface area contributed by atoms with Crippen molar-refractivity contribution in [1.82, 2.24) is 4.98 Å². The van der Waals surface area contributed by atoms with E-state index < -0.39 is 11.7 Å². The van der Waals surface area contributed by atoms with Crippen molar-refractivity contribution >= 4 is 22.5 Å². The lowest BCUT2D eigenvalue weighted by Crippen LogP contribution is -2.27. The van der Waals surface area contributed by atoms with E-state index in [0.717, 1.165) is 29.3 Å². The highest BCUT2D eigenvalue weighted by Gasteiger charge is 2.51. The molecule has 1 amide bonds. The van der Waals surface area contributed by atoms with Gasteiger partial charge in [-0.3, -0.25) is 4.79 Å². The van der Waals surface area contributed by atoms with E-state index >= 15 is 0 Å². The van der Waals surface area contributed by atoms with Crippen LogP contribution in [0.3, 0.4) is 0 Å². The predicted octanol–water partition coefficient (Wildman–Crippen LogP) is 2.55. The van der Waals surface area contributed by atoms with Crippen LogP contribution < -0.4 is 14.8 Å². The molecule has 3 aromatic rings. The minimum absolute atomic E-state index is 0.0568. The summed E-state index contributed by atoms with van der Waals surface area (Å²) in [6.45, 7) is 0.208. The zero-order valence-electron chi connectivity index (χ0n) is 14.4. The number of aromatic nitrogens is 1. The molecule has 0 atom stereocenters. The summed E-state index contributed by atoms with van der Waals surface area (Å²) < 4.78 is 10.8. The highest BCUT2D eigenvalue weighted by Crippen LogP contribution is 2.51. The highest BCUT2D eigenvalue weighted by atomic mass is 16.7. The minimum Gasteiger partial charge on any atom is -0.454 e.